The van der Waals surface area contributed by atoms with Gasteiger partial charge >= 0.3 is 116 Å². The molecule has 0 aliphatic carbocycles. The van der Waals surface area contributed by atoms with Crippen LogP contribution in [0.3, 0.4) is 0 Å². The zero-order valence-corrected chi connectivity index (χ0v) is 11.8. The van der Waals surface area contributed by atoms with E-state index in [9.17, 15) is 0 Å². The third kappa shape index (κ3) is 1.79. The van der Waals surface area contributed by atoms with Gasteiger partial charge in [0.05, 0.1) is 0 Å². The maximum absolute atomic E-state index is 4.56. The van der Waals surface area contributed by atoms with E-state index in [2.05, 4.69) is 40.3 Å². The van der Waals surface area contributed by atoms with E-state index < -0.39 is 0 Å². The first-order valence-corrected chi connectivity index (χ1v) is 7.82. The Morgan fingerprint density at radius 1 is 0.737 bits per heavy atom. The average Bonchev–Trinajstić information content (AvgIpc) is 2.86. The van der Waals surface area contributed by atoms with Gasteiger partial charge in [-0.2, -0.15) is 0 Å². The molecule has 90 valence electrons. The van der Waals surface area contributed by atoms with Crippen LogP contribution in [0.2, 0.25) is 0 Å². The van der Waals surface area contributed by atoms with Gasteiger partial charge in [0.1, 0.15) is 0 Å². The molecule has 4 aromatic rings. The molecule has 0 aliphatic heterocycles. The molecule has 0 bridgehead atoms. The Kier molecular flexibility index (Phi) is 2.47. The summed E-state index contributed by atoms with van der Waals surface area (Å²) in [6.45, 7) is 0. The van der Waals surface area contributed by atoms with Gasteiger partial charge in [-0.05, 0) is 0 Å². The van der Waals surface area contributed by atoms with Crippen molar-refractivity contribution in [1.29, 1.82) is 0 Å². The molecule has 0 saturated carbocycles. The minimum atomic E-state index is 0.390. The maximum atomic E-state index is 4.56. The van der Waals surface area contributed by atoms with Gasteiger partial charge in [-0.15, -0.1) is 0 Å². The summed E-state index contributed by atoms with van der Waals surface area (Å²) in [5, 5.41) is 2.68. The van der Waals surface area contributed by atoms with Crippen LogP contribution >= 0.6 is 0 Å². The quantitative estimate of drug-likeness (QED) is 0.503. The summed E-state index contributed by atoms with van der Waals surface area (Å²) in [7, 11) is 0. The van der Waals surface area contributed by atoms with E-state index in [1.807, 2.05) is 30.6 Å². The van der Waals surface area contributed by atoms with Gasteiger partial charge in [0.2, 0.25) is 0 Å². The third-order valence-corrected chi connectivity index (χ3v) is 5.54. The summed E-state index contributed by atoms with van der Waals surface area (Å²) in [5.74, 6) is 0. The van der Waals surface area contributed by atoms with E-state index in [1.54, 1.807) is 0 Å². The van der Waals surface area contributed by atoms with Gasteiger partial charge in [-0.3, -0.25) is 0 Å². The van der Waals surface area contributed by atoms with Crippen molar-refractivity contribution in [2.75, 3.05) is 0 Å². The van der Waals surface area contributed by atoms with E-state index in [4.69, 9.17) is 0 Å². The van der Waals surface area contributed by atoms with Crippen LogP contribution < -0.4 is 0 Å². The van der Waals surface area contributed by atoms with E-state index >= 15 is 0 Å². The molecule has 0 N–H and O–H groups in total. The standard InChI is InChI=1S/C16H10N2Se/c1-2-7-15-11(5-1)12-9-14(18-10-16(12)19-15)13-6-3-4-8-17-13/h1-10H. The fourth-order valence-electron chi connectivity index (χ4n) is 2.29. The molecular weight excluding hydrogens is 299 g/mol. The molecule has 19 heavy (non-hydrogen) atoms. The second-order valence-electron chi connectivity index (χ2n) is 4.38. The van der Waals surface area contributed by atoms with Crippen molar-refractivity contribution >= 4 is 33.8 Å². The molecule has 0 saturated heterocycles. The summed E-state index contributed by atoms with van der Waals surface area (Å²) in [4.78, 5) is 8.93. The Labute approximate surface area is 116 Å². The molecule has 3 heteroatoms. The molecule has 1 aromatic carbocycles. The van der Waals surface area contributed by atoms with Gasteiger partial charge in [0, 0.05) is 0 Å². The zero-order chi connectivity index (χ0) is 12.7. The zero-order valence-electron chi connectivity index (χ0n) is 10.1. The van der Waals surface area contributed by atoms with Crippen LogP contribution in [0.5, 0.6) is 0 Å². The predicted octanol–water partition coefficient (Wildman–Crippen LogP) is 3.51. The molecule has 0 atom stereocenters. The molecule has 3 heterocycles. The summed E-state index contributed by atoms with van der Waals surface area (Å²) in [6, 6.07) is 16.7. The molecule has 3 aromatic heterocycles. The van der Waals surface area contributed by atoms with Crippen LogP contribution in [-0.4, -0.2) is 24.5 Å². The van der Waals surface area contributed by atoms with Crippen LogP contribution in [0.15, 0.2) is 60.9 Å². The number of rotatable bonds is 1. The molecule has 0 unspecified atom stereocenters. The Morgan fingerprint density at radius 2 is 1.63 bits per heavy atom. The van der Waals surface area contributed by atoms with E-state index in [0.29, 0.717) is 14.5 Å². The van der Waals surface area contributed by atoms with Crippen LogP contribution in [0, 0.1) is 0 Å². The minimum absolute atomic E-state index is 0.390. The van der Waals surface area contributed by atoms with Crippen LogP contribution in [0.25, 0.3) is 30.7 Å². The number of nitrogens with zero attached hydrogens (tertiary/aromatic N) is 2. The van der Waals surface area contributed by atoms with E-state index in [-0.39, 0.29) is 0 Å². The van der Waals surface area contributed by atoms with Crippen molar-refractivity contribution in [3.05, 3.63) is 60.9 Å². The molecule has 4 rings (SSSR count). The number of fused-ring (bicyclic) bond motifs is 3. The Hall–Kier alpha value is -1.96. The molecule has 0 fully saturated rings. The average molecular weight is 309 g/mol. The van der Waals surface area contributed by atoms with Crippen molar-refractivity contribution < 1.29 is 0 Å². The van der Waals surface area contributed by atoms with Crippen molar-refractivity contribution in [3.63, 3.8) is 0 Å². The monoisotopic (exact) mass is 310 g/mol. The number of hydrogen-bond acceptors (Lipinski definition) is 2. The fraction of sp³-hybridized carbons (Fsp3) is 0. The van der Waals surface area contributed by atoms with Gasteiger partial charge in [-0.1, -0.05) is 0 Å². The first-order chi connectivity index (χ1) is 9.42. The van der Waals surface area contributed by atoms with Gasteiger partial charge in [0.25, 0.3) is 0 Å². The fourth-order valence-corrected chi connectivity index (χ4v) is 4.50. The number of benzene rings is 1. The van der Waals surface area contributed by atoms with E-state index in [0.717, 1.165) is 11.4 Å². The SMILES string of the molecule is c1ccc(-c2cc3c(cn2)[se]c2ccccc23)nc1. The summed E-state index contributed by atoms with van der Waals surface area (Å²) in [5.41, 5.74) is 1.88. The Balaban J connectivity index is 2.03. The molecule has 0 aliphatic rings. The molecule has 0 spiro atoms. The van der Waals surface area contributed by atoms with Crippen molar-refractivity contribution in [3.8, 4) is 11.4 Å². The topological polar surface area (TPSA) is 25.8 Å². The Morgan fingerprint density at radius 3 is 2.53 bits per heavy atom. The van der Waals surface area contributed by atoms with Crippen molar-refractivity contribution in [1.82, 2.24) is 9.97 Å². The van der Waals surface area contributed by atoms with Gasteiger partial charge < -0.3 is 0 Å². The number of aromatic nitrogens is 2. The molecule has 2 nitrogen and oxygen atoms in total. The molecular formula is C16H10N2Se. The van der Waals surface area contributed by atoms with Crippen LogP contribution in [0.1, 0.15) is 0 Å². The van der Waals surface area contributed by atoms with Crippen LogP contribution in [0.4, 0.5) is 0 Å². The second-order valence-corrected chi connectivity index (χ2v) is 6.65. The molecule has 0 amide bonds. The predicted molar refractivity (Wildman–Crippen MR) is 79.4 cm³/mol. The first kappa shape index (κ1) is 10.9. The number of pyridine rings is 2. The first-order valence-electron chi connectivity index (χ1n) is 6.10. The number of hydrogen-bond donors (Lipinski definition) is 0. The molecule has 0 radical (unpaired) electrons. The van der Waals surface area contributed by atoms with Gasteiger partial charge in [0.15, 0.2) is 0 Å². The van der Waals surface area contributed by atoms with E-state index in [1.165, 1.54) is 19.3 Å². The normalized spacial score (nSPS) is 11.2. The third-order valence-electron chi connectivity index (χ3n) is 3.19. The van der Waals surface area contributed by atoms with Crippen molar-refractivity contribution in [2.24, 2.45) is 0 Å². The summed E-state index contributed by atoms with van der Waals surface area (Å²) >= 11 is 0.390. The summed E-state index contributed by atoms with van der Waals surface area (Å²) in [6.07, 6.45) is 3.82. The van der Waals surface area contributed by atoms with Gasteiger partial charge in [-0.25, -0.2) is 0 Å². The summed E-state index contributed by atoms with van der Waals surface area (Å²) < 4.78 is 2.82. The second kappa shape index (κ2) is 4.30. The Bertz CT molecular complexity index is 866. The van der Waals surface area contributed by atoms with Crippen molar-refractivity contribution in [2.45, 2.75) is 0 Å². The van der Waals surface area contributed by atoms with Crippen LogP contribution in [-0.2, 0) is 0 Å².